The zero-order valence-corrected chi connectivity index (χ0v) is 13.0. The molecule has 2 aromatic carbocycles. The van der Waals surface area contributed by atoms with Crippen molar-refractivity contribution in [1.29, 1.82) is 0 Å². The number of rotatable bonds is 3. The third-order valence-corrected chi connectivity index (χ3v) is 4.60. The van der Waals surface area contributed by atoms with E-state index in [-0.39, 0.29) is 11.3 Å². The van der Waals surface area contributed by atoms with Crippen LogP contribution in [0.2, 0.25) is 5.02 Å². The van der Waals surface area contributed by atoms with Crippen molar-refractivity contribution in [2.24, 2.45) is 0 Å². The van der Waals surface area contributed by atoms with E-state index in [4.69, 9.17) is 11.6 Å². The van der Waals surface area contributed by atoms with Crippen LogP contribution in [0, 0.1) is 13.8 Å². The predicted octanol–water partition coefficient (Wildman–Crippen LogP) is 4.63. The van der Waals surface area contributed by atoms with Crippen molar-refractivity contribution in [2.45, 2.75) is 32.1 Å². The Kier molecular flexibility index (Phi) is 3.50. The highest BCUT2D eigenvalue weighted by molar-refractivity contribution is 6.30. The predicted molar refractivity (Wildman–Crippen MR) is 86.9 cm³/mol. The lowest BCUT2D eigenvalue weighted by Gasteiger charge is -2.16. The molecular formula is C18H18ClNO. The summed E-state index contributed by atoms with van der Waals surface area (Å²) in [7, 11) is 0. The van der Waals surface area contributed by atoms with Crippen LogP contribution in [-0.2, 0) is 10.2 Å². The van der Waals surface area contributed by atoms with Gasteiger partial charge in [-0.3, -0.25) is 4.79 Å². The van der Waals surface area contributed by atoms with Crippen LogP contribution < -0.4 is 5.32 Å². The second kappa shape index (κ2) is 5.19. The second-order valence-electron chi connectivity index (χ2n) is 5.84. The normalized spacial score (nSPS) is 15.6. The number of hydrogen-bond acceptors (Lipinski definition) is 1. The topological polar surface area (TPSA) is 29.1 Å². The molecule has 0 unspecified atom stereocenters. The quantitative estimate of drug-likeness (QED) is 0.880. The summed E-state index contributed by atoms with van der Waals surface area (Å²) in [5.41, 5.74) is 3.95. The van der Waals surface area contributed by atoms with E-state index < -0.39 is 0 Å². The van der Waals surface area contributed by atoms with E-state index in [1.807, 2.05) is 42.5 Å². The number of carbonyl (C=O) groups excluding carboxylic acids is 1. The highest BCUT2D eigenvalue weighted by atomic mass is 35.5. The van der Waals surface area contributed by atoms with E-state index in [1.54, 1.807) is 0 Å². The van der Waals surface area contributed by atoms with Crippen LogP contribution in [-0.4, -0.2) is 5.91 Å². The molecule has 108 valence electrons. The second-order valence-corrected chi connectivity index (χ2v) is 6.28. The molecule has 21 heavy (non-hydrogen) atoms. The molecule has 1 aliphatic carbocycles. The van der Waals surface area contributed by atoms with Crippen molar-refractivity contribution < 1.29 is 4.79 Å². The molecule has 3 heteroatoms. The minimum atomic E-state index is -0.372. The number of carbonyl (C=O) groups is 1. The maximum absolute atomic E-state index is 12.6. The summed E-state index contributed by atoms with van der Waals surface area (Å²) in [6.07, 6.45) is 1.79. The van der Waals surface area contributed by atoms with Crippen molar-refractivity contribution in [3.05, 3.63) is 64.2 Å². The molecule has 1 fully saturated rings. The molecule has 1 aliphatic rings. The van der Waals surface area contributed by atoms with E-state index in [0.717, 1.165) is 24.1 Å². The number of aryl methyl sites for hydroxylation is 2. The van der Waals surface area contributed by atoms with Crippen LogP contribution in [0.4, 0.5) is 5.69 Å². The van der Waals surface area contributed by atoms with Gasteiger partial charge in [0, 0.05) is 10.7 Å². The average Bonchev–Trinajstić information content (AvgIpc) is 3.25. The highest BCUT2D eigenvalue weighted by Crippen LogP contribution is 2.49. The first-order chi connectivity index (χ1) is 10.0. The van der Waals surface area contributed by atoms with Gasteiger partial charge >= 0.3 is 0 Å². The minimum absolute atomic E-state index is 0.0769. The van der Waals surface area contributed by atoms with Crippen LogP contribution in [0.15, 0.2) is 42.5 Å². The van der Waals surface area contributed by atoms with Gasteiger partial charge in [-0.05, 0) is 67.6 Å². The van der Waals surface area contributed by atoms with Gasteiger partial charge in [-0.15, -0.1) is 0 Å². The molecule has 0 aliphatic heterocycles. The first-order valence-corrected chi connectivity index (χ1v) is 7.54. The van der Waals surface area contributed by atoms with Crippen molar-refractivity contribution in [2.75, 3.05) is 5.32 Å². The Morgan fingerprint density at radius 1 is 1.05 bits per heavy atom. The third kappa shape index (κ3) is 2.68. The minimum Gasteiger partial charge on any atom is -0.325 e. The Morgan fingerprint density at radius 3 is 2.29 bits per heavy atom. The number of benzene rings is 2. The first kappa shape index (κ1) is 14.2. The smallest absolute Gasteiger partial charge is 0.235 e. The monoisotopic (exact) mass is 299 g/mol. The van der Waals surface area contributed by atoms with Gasteiger partial charge in [0.15, 0.2) is 0 Å². The van der Waals surface area contributed by atoms with Gasteiger partial charge in [-0.2, -0.15) is 0 Å². The van der Waals surface area contributed by atoms with Crippen molar-refractivity contribution in [3.63, 3.8) is 0 Å². The molecular weight excluding hydrogens is 282 g/mol. The first-order valence-electron chi connectivity index (χ1n) is 7.16. The fourth-order valence-electron chi connectivity index (χ4n) is 2.61. The number of amides is 1. The molecule has 1 N–H and O–H groups in total. The third-order valence-electron chi connectivity index (χ3n) is 4.35. The lowest BCUT2D eigenvalue weighted by atomic mass is 9.95. The Labute approximate surface area is 130 Å². The summed E-state index contributed by atoms with van der Waals surface area (Å²) in [5.74, 6) is 0.0769. The number of anilines is 1. The maximum Gasteiger partial charge on any atom is 0.235 e. The largest absolute Gasteiger partial charge is 0.325 e. The van der Waals surface area contributed by atoms with Gasteiger partial charge in [0.05, 0.1) is 5.41 Å². The van der Waals surface area contributed by atoms with E-state index in [9.17, 15) is 4.79 Å². The highest BCUT2D eigenvalue weighted by Gasteiger charge is 2.51. The Balaban J connectivity index is 1.81. The van der Waals surface area contributed by atoms with E-state index in [1.165, 1.54) is 11.1 Å². The molecule has 0 spiro atoms. The van der Waals surface area contributed by atoms with E-state index >= 15 is 0 Å². The molecule has 0 aromatic heterocycles. The lowest BCUT2D eigenvalue weighted by Crippen LogP contribution is -2.27. The van der Waals surface area contributed by atoms with Gasteiger partial charge in [0.25, 0.3) is 0 Å². The SMILES string of the molecule is Cc1ccc(NC(=O)C2(c3ccc(Cl)cc3)CC2)cc1C. The summed E-state index contributed by atoms with van der Waals surface area (Å²) >= 11 is 5.92. The van der Waals surface area contributed by atoms with Gasteiger partial charge in [-0.1, -0.05) is 29.8 Å². The molecule has 2 nitrogen and oxygen atoms in total. The fourth-order valence-corrected chi connectivity index (χ4v) is 2.74. The summed E-state index contributed by atoms with van der Waals surface area (Å²) in [6, 6.07) is 13.6. The summed E-state index contributed by atoms with van der Waals surface area (Å²) in [6.45, 7) is 4.12. The molecule has 2 aromatic rings. The zero-order valence-electron chi connectivity index (χ0n) is 12.2. The van der Waals surface area contributed by atoms with Gasteiger partial charge < -0.3 is 5.32 Å². The van der Waals surface area contributed by atoms with Crippen LogP contribution in [0.3, 0.4) is 0 Å². The van der Waals surface area contributed by atoms with Gasteiger partial charge in [0.1, 0.15) is 0 Å². The van der Waals surface area contributed by atoms with Crippen molar-refractivity contribution >= 4 is 23.2 Å². The van der Waals surface area contributed by atoms with Crippen LogP contribution in [0.25, 0.3) is 0 Å². The van der Waals surface area contributed by atoms with Crippen molar-refractivity contribution in [1.82, 2.24) is 0 Å². The summed E-state index contributed by atoms with van der Waals surface area (Å²) in [4.78, 5) is 12.6. The van der Waals surface area contributed by atoms with E-state index in [2.05, 4.69) is 19.2 Å². The lowest BCUT2D eigenvalue weighted by molar-refractivity contribution is -0.118. The maximum atomic E-state index is 12.6. The summed E-state index contributed by atoms with van der Waals surface area (Å²) < 4.78 is 0. The van der Waals surface area contributed by atoms with Gasteiger partial charge in [-0.25, -0.2) is 0 Å². The summed E-state index contributed by atoms with van der Waals surface area (Å²) in [5, 5.41) is 3.75. The standard InChI is InChI=1S/C18H18ClNO/c1-12-3-8-16(11-13(12)2)20-17(21)18(9-10-18)14-4-6-15(19)7-5-14/h3-8,11H,9-10H2,1-2H3,(H,20,21). The average molecular weight is 300 g/mol. The Bertz CT molecular complexity index is 687. The zero-order chi connectivity index (χ0) is 15.0. The number of halogens is 1. The molecule has 1 saturated carbocycles. The number of nitrogens with one attached hydrogen (secondary N) is 1. The molecule has 1 amide bonds. The molecule has 0 bridgehead atoms. The molecule has 0 saturated heterocycles. The molecule has 3 rings (SSSR count). The fraction of sp³-hybridized carbons (Fsp3) is 0.278. The van der Waals surface area contributed by atoms with Crippen LogP contribution in [0.1, 0.15) is 29.5 Å². The molecule has 0 radical (unpaired) electrons. The molecule has 0 heterocycles. The van der Waals surface area contributed by atoms with Crippen LogP contribution in [0.5, 0.6) is 0 Å². The van der Waals surface area contributed by atoms with Crippen molar-refractivity contribution in [3.8, 4) is 0 Å². The van der Waals surface area contributed by atoms with Crippen LogP contribution >= 0.6 is 11.6 Å². The number of hydrogen-bond donors (Lipinski definition) is 1. The Morgan fingerprint density at radius 2 is 1.71 bits per heavy atom. The molecule has 0 atom stereocenters. The van der Waals surface area contributed by atoms with Gasteiger partial charge in [0.2, 0.25) is 5.91 Å². The van der Waals surface area contributed by atoms with E-state index in [0.29, 0.717) is 5.02 Å². The Hall–Kier alpha value is -1.80.